The van der Waals surface area contributed by atoms with Crippen molar-refractivity contribution in [2.75, 3.05) is 6.54 Å². The first-order valence-electron chi connectivity index (χ1n) is 14.7. The molecule has 10 nitrogen and oxygen atoms in total. The highest BCUT2D eigenvalue weighted by Crippen LogP contribution is 2.27. The van der Waals surface area contributed by atoms with Gasteiger partial charge in [-0.3, -0.25) is 19.1 Å². The van der Waals surface area contributed by atoms with E-state index in [9.17, 15) is 14.4 Å². The van der Waals surface area contributed by atoms with E-state index in [0.717, 1.165) is 38.2 Å². The van der Waals surface area contributed by atoms with E-state index >= 15 is 0 Å². The molecule has 0 spiro atoms. The molecule has 0 bridgehead atoms. The minimum Gasteiger partial charge on any atom is -0.350 e. The van der Waals surface area contributed by atoms with Gasteiger partial charge in [-0.25, -0.2) is 15.0 Å². The van der Waals surface area contributed by atoms with Crippen molar-refractivity contribution in [1.82, 2.24) is 34.6 Å². The Morgan fingerprint density at radius 3 is 2.55 bits per heavy atom. The van der Waals surface area contributed by atoms with Crippen molar-refractivity contribution >= 4 is 40.8 Å². The molecule has 2 atom stereocenters. The number of amides is 1. The molecule has 0 radical (unpaired) electrons. The van der Waals surface area contributed by atoms with Gasteiger partial charge in [0.2, 0.25) is 0 Å². The second-order valence-electron chi connectivity index (χ2n) is 11.4. The summed E-state index contributed by atoms with van der Waals surface area (Å²) < 4.78 is 3.67. The Labute approximate surface area is 254 Å². The number of aromatic nitrogens is 6. The number of Topliss-reactive ketones (excluding diaryl/α,β-unsaturated/α-hetero) is 2. The highest BCUT2D eigenvalue weighted by atomic mass is 16.2. The van der Waals surface area contributed by atoms with Crippen molar-refractivity contribution in [1.29, 1.82) is 0 Å². The van der Waals surface area contributed by atoms with E-state index in [-0.39, 0.29) is 35.4 Å². The van der Waals surface area contributed by atoms with E-state index in [0.29, 0.717) is 24.3 Å². The summed E-state index contributed by atoms with van der Waals surface area (Å²) in [5, 5.41) is 9.05. The Hall–Kier alpha value is -5.25. The molecule has 44 heavy (non-hydrogen) atoms. The Balaban J connectivity index is 0.000000156. The maximum atomic E-state index is 12.4. The number of nitrogens with zero attached hydrogens (tertiary/aromatic N) is 6. The molecule has 3 aromatic heterocycles. The van der Waals surface area contributed by atoms with Crippen molar-refractivity contribution in [2.24, 2.45) is 5.92 Å². The van der Waals surface area contributed by atoms with Crippen LogP contribution in [-0.4, -0.2) is 53.3 Å². The summed E-state index contributed by atoms with van der Waals surface area (Å²) in [5.74, 6) is -0.0553. The fourth-order valence-electron chi connectivity index (χ4n) is 5.74. The molecule has 0 fully saturated rings. The van der Waals surface area contributed by atoms with Crippen LogP contribution in [0, 0.1) is 5.92 Å². The molecule has 0 aliphatic heterocycles. The number of nitrogens with one attached hydrogen (secondary N) is 1. The lowest BCUT2D eigenvalue weighted by atomic mass is 9.79. The van der Waals surface area contributed by atoms with Gasteiger partial charge in [0.25, 0.3) is 5.91 Å². The Kier molecular flexibility index (Phi) is 7.73. The zero-order valence-corrected chi connectivity index (χ0v) is 25.1. The molecule has 222 valence electrons. The van der Waals surface area contributed by atoms with Crippen LogP contribution < -0.4 is 15.8 Å². The zero-order chi connectivity index (χ0) is 31.0. The third-order valence-corrected chi connectivity index (χ3v) is 8.17. The van der Waals surface area contributed by atoms with Crippen LogP contribution in [0.5, 0.6) is 0 Å². The van der Waals surface area contributed by atoms with Crippen LogP contribution in [0.15, 0.2) is 67.6 Å². The van der Waals surface area contributed by atoms with Gasteiger partial charge in [0, 0.05) is 42.7 Å². The van der Waals surface area contributed by atoms with E-state index in [2.05, 4.69) is 25.4 Å². The number of rotatable bonds is 5. The summed E-state index contributed by atoms with van der Waals surface area (Å²) in [4.78, 5) is 48.9. The van der Waals surface area contributed by atoms with Crippen molar-refractivity contribution in [3.8, 4) is 11.1 Å². The van der Waals surface area contributed by atoms with Crippen LogP contribution in [0.2, 0.25) is 0 Å². The van der Waals surface area contributed by atoms with Gasteiger partial charge >= 0.3 is 0 Å². The molecule has 0 saturated carbocycles. The lowest BCUT2D eigenvalue weighted by molar-refractivity contribution is -0.122. The predicted molar refractivity (Wildman–Crippen MR) is 167 cm³/mol. The van der Waals surface area contributed by atoms with Gasteiger partial charge in [-0.15, -0.1) is 0 Å². The molecule has 1 amide bonds. The van der Waals surface area contributed by atoms with Crippen molar-refractivity contribution < 1.29 is 14.4 Å². The summed E-state index contributed by atoms with van der Waals surface area (Å²) in [6.45, 7) is 9.01. The minimum absolute atomic E-state index is 0.0436. The Morgan fingerprint density at radius 1 is 0.977 bits per heavy atom. The number of imidazole rings is 1. The molecule has 0 saturated heterocycles. The van der Waals surface area contributed by atoms with Crippen molar-refractivity contribution in [2.45, 2.75) is 46.2 Å². The summed E-state index contributed by atoms with van der Waals surface area (Å²) >= 11 is 0. The lowest BCUT2D eigenvalue weighted by Gasteiger charge is -2.23. The van der Waals surface area contributed by atoms with Crippen molar-refractivity contribution in [3.05, 3.63) is 94.8 Å². The highest BCUT2D eigenvalue weighted by Gasteiger charge is 2.27. The number of benzene rings is 2. The molecule has 1 N–H and O–H groups in total. The zero-order valence-electron chi connectivity index (χ0n) is 25.1. The molecule has 2 unspecified atom stereocenters. The Bertz CT molecular complexity index is 2040. The van der Waals surface area contributed by atoms with Gasteiger partial charge in [-0.1, -0.05) is 56.3 Å². The lowest BCUT2D eigenvalue weighted by Crippen LogP contribution is -2.40. The smallest absolute Gasteiger partial charge is 0.254 e. The second-order valence-corrected chi connectivity index (χ2v) is 11.4. The molecule has 7 rings (SSSR count). The molecule has 10 heteroatoms. The minimum atomic E-state index is -0.132. The fourth-order valence-corrected chi connectivity index (χ4v) is 5.74. The largest absolute Gasteiger partial charge is 0.350 e. The van der Waals surface area contributed by atoms with Crippen LogP contribution in [0.25, 0.3) is 34.4 Å². The highest BCUT2D eigenvalue weighted by molar-refractivity contribution is 6.22. The number of carbonyl (C=O) groups excluding carboxylic acids is 3. The van der Waals surface area contributed by atoms with Crippen LogP contribution in [0.4, 0.5) is 0 Å². The standard InChI is InChI=1S/C20H16O2.C14H17N7O/c1-11-9-17-13(12(2)20(11)22)7-8-15-14-5-3-4-6-16(14)19(21)10-18(15)17;1-10(2)21-7-11(5-19-21)14(22)16-3-4-20-9-18-13-12(20)6-15-8-17-13/h3-12H,1-2H3;5-10H,3-4H2,1-2H3,(H,16,22). The molecule has 2 aliphatic carbocycles. The number of hydrogen-bond acceptors (Lipinski definition) is 7. The monoisotopic (exact) mass is 587 g/mol. The first-order chi connectivity index (χ1) is 21.2. The molecular weight excluding hydrogens is 554 g/mol. The number of ketones is 2. The summed E-state index contributed by atoms with van der Waals surface area (Å²) in [6, 6.07) is 12.0. The van der Waals surface area contributed by atoms with Gasteiger partial charge in [0.15, 0.2) is 11.4 Å². The SMILES string of the molecule is CC(C)n1cc(C(=O)NCCn2cnc3ncncc32)cn1.CC1C=c2c(ccc3c2=CC(=O)c2ccccc2-3)C(C)C1=O. The van der Waals surface area contributed by atoms with Crippen molar-refractivity contribution in [3.63, 3.8) is 0 Å². The number of hydrogen-bond donors (Lipinski definition) is 1. The maximum absolute atomic E-state index is 12.4. The Morgan fingerprint density at radius 2 is 1.77 bits per heavy atom. The van der Waals surface area contributed by atoms with Crippen LogP contribution in [-0.2, 0) is 11.3 Å². The average molecular weight is 588 g/mol. The topological polar surface area (TPSA) is 125 Å². The fraction of sp³-hybridized carbons (Fsp3) is 0.265. The normalized spacial score (nSPS) is 16.7. The molecule has 2 aromatic carbocycles. The predicted octanol–water partition coefficient (Wildman–Crippen LogP) is 3.47. The quantitative estimate of drug-likeness (QED) is 0.334. The summed E-state index contributed by atoms with van der Waals surface area (Å²) in [6.07, 6.45) is 11.9. The van der Waals surface area contributed by atoms with Gasteiger partial charge < -0.3 is 9.88 Å². The number of carbonyl (C=O) groups is 3. The van der Waals surface area contributed by atoms with E-state index in [1.165, 1.54) is 6.33 Å². The molecule has 2 aliphatic rings. The van der Waals surface area contributed by atoms with E-state index in [1.54, 1.807) is 35.7 Å². The third-order valence-electron chi connectivity index (χ3n) is 8.17. The third kappa shape index (κ3) is 5.34. The van der Waals surface area contributed by atoms with E-state index in [4.69, 9.17) is 0 Å². The molecule has 3 heterocycles. The summed E-state index contributed by atoms with van der Waals surface area (Å²) in [5.41, 5.74) is 5.92. The van der Waals surface area contributed by atoms with E-state index < -0.39 is 0 Å². The van der Waals surface area contributed by atoms with E-state index in [1.807, 2.05) is 74.7 Å². The first kappa shape index (κ1) is 28.9. The average Bonchev–Trinajstić information content (AvgIpc) is 3.69. The molecule has 5 aromatic rings. The van der Waals surface area contributed by atoms with Crippen LogP contribution in [0.1, 0.15) is 65.9 Å². The molecular formula is C34H33N7O3. The van der Waals surface area contributed by atoms with Gasteiger partial charge in [-0.05, 0) is 47.1 Å². The number of fused-ring (bicyclic) bond motifs is 6. The second kappa shape index (κ2) is 11.8. The van der Waals surface area contributed by atoms with Crippen LogP contribution >= 0.6 is 0 Å². The maximum Gasteiger partial charge on any atom is 0.254 e. The first-order valence-corrected chi connectivity index (χ1v) is 14.7. The van der Waals surface area contributed by atoms with Gasteiger partial charge in [0.05, 0.1) is 24.3 Å². The van der Waals surface area contributed by atoms with Crippen LogP contribution in [0.3, 0.4) is 0 Å². The van der Waals surface area contributed by atoms with Gasteiger partial charge in [-0.2, -0.15) is 5.10 Å². The summed E-state index contributed by atoms with van der Waals surface area (Å²) in [7, 11) is 0. The van der Waals surface area contributed by atoms with Gasteiger partial charge in [0.1, 0.15) is 17.6 Å².